The van der Waals surface area contributed by atoms with Crippen LogP contribution in [0, 0.1) is 11.7 Å². The van der Waals surface area contributed by atoms with Crippen molar-refractivity contribution >= 4 is 11.8 Å². The topological polar surface area (TPSA) is 56.1 Å². The van der Waals surface area contributed by atoms with Gasteiger partial charge in [0.25, 0.3) is 0 Å². The van der Waals surface area contributed by atoms with Gasteiger partial charge in [0.1, 0.15) is 11.5 Å². The van der Waals surface area contributed by atoms with Crippen molar-refractivity contribution in [1.82, 2.24) is 19.9 Å². The van der Waals surface area contributed by atoms with Crippen molar-refractivity contribution < 1.29 is 13.7 Å². The van der Waals surface area contributed by atoms with E-state index in [2.05, 4.69) is 26.9 Å². The predicted octanol–water partition coefficient (Wildman–Crippen LogP) is 2.78. The smallest absolute Gasteiger partial charge is 0.232 e. The number of halogens is 1. The number of benzene rings is 1. The molecule has 1 aromatic heterocycles. The van der Waals surface area contributed by atoms with Crippen LogP contribution in [0.2, 0.25) is 0 Å². The Bertz CT molecular complexity index is 857. The summed E-state index contributed by atoms with van der Waals surface area (Å²) in [7, 11) is 6.10. The van der Waals surface area contributed by atoms with Gasteiger partial charge in [0.05, 0.1) is 12.1 Å². The van der Waals surface area contributed by atoms with Gasteiger partial charge in [-0.1, -0.05) is 19.0 Å². The van der Waals surface area contributed by atoms with E-state index in [0.29, 0.717) is 24.7 Å². The van der Waals surface area contributed by atoms with Gasteiger partial charge in [-0.3, -0.25) is 4.79 Å². The van der Waals surface area contributed by atoms with Crippen LogP contribution < -0.4 is 4.90 Å². The largest absolute Gasteiger partial charge is 0.338 e. The third kappa shape index (κ3) is 5.83. The molecular formula is C23H34FN5O2. The molecule has 0 radical (unpaired) electrons. The van der Waals surface area contributed by atoms with Crippen molar-refractivity contribution in [2.45, 2.75) is 20.4 Å². The molecule has 0 bridgehead atoms. The number of piperazine rings is 1. The van der Waals surface area contributed by atoms with Gasteiger partial charge in [-0.25, -0.2) is 4.39 Å². The number of hydrogen-bond acceptors (Lipinski definition) is 6. The first-order valence-corrected chi connectivity index (χ1v) is 10.9. The molecule has 170 valence electrons. The molecule has 1 aliphatic heterocycles. The van der Waals surface area contributed by atoms with Gasteiger partial charge in [0.2, 0.25) is 11.8 Å². The van der Waals surface area contributed by atoms with Crippen LogP contribution >= 0.6 is 0 Å². The average molecular weight is 432 g/mol. The number of likely N-dealkylation sites (N-methyl/N-ethyl adjacent to an activating group) is 2. The summed E-state index contributed by atoms with van der Waals surface area (Å²) in [4.78, 5) is 21.4. The van der Waals surface area contributed by atoms with Gasteiger partial charge >= 0.3 is 0 Å². The molecule has 1 saturated heterocycles. The maximum Gasteiger partial charge on any atom is 0.232 e. The number of carbonyl (C=O) groups is 1. The summed E-state index contributed by atoms with van der Waals surface area (Å²) in [5.41, 5.74) is 2.33. The number of amides is 1. The highest BCUT2D eigenvalue weighted by Crippen LogP contribution is 2.33. The molecule has 31 heavy (non-hydrogen) atoms. The molecule has 0 atom stereocenters. The van der Waals surface area contributed by atoms with Crippen molar-refractivity contribution in [3.63, 3.8) is 0 Å². The summed E-state index contributed by atoms with van der Waals surface area (Å²) in [5, 5.41) is 4.36. The fourth-order valence-electron chi connectivity index (χ4n) is 3.68. The summed E-state index contributed by atoms with van der Waals surface area (Å²) < 4.78 is 19.3. The van der Waals surface area contributed by atoms with Crippen LogP contribution in [0.5, 0.6) is 0 Å². The Balaban J connectivity index is 1.97. The van der Waals surface area contributed by atoms with Crippen molar-refractivity contribution in [2.75, 3.05) is 65.3 Å². The van der Waals surface area contributed by atoms with Crippen LogP contribution in [0.3, 0.4) is 0 Å². The zero-order valence-corrected chi connectivity index (χ0v) is 19.3. The molecule has 0 unspecified atom stereocenters. The lowest BCUT2D eigenvalue weighted by Crippen LogP contribution is -2.45. The molecular weight excluding hydrogens is 397 g/mol. The minimum absolute atomic E-state index is 0.0948. The first kappa shape index (κ1) is 23.2. The minimum Gasteiger partial charge on any atom is -0.338 e. The maximum atomic E-state index is 13.5. The fraction of sp³-hybridized carbons (Fsp3) is 0.565. The highest BCUT2D eigenvalue weighted by atomic mass is 19.1. The molecule has 3 rings (SSSR count). The highest BCUT2D eigenvalue weighted by molar-refractivity contribution is 5.79. The third-order valence-electron chi connectivity index (χ3n) is 5.65. The number of anilines is 1. The second-order valence-electron chi connectivity index (χ2n) is 8.83. The molecule has 7 nitrogen and oxygen atoms in total. The van der Waals surface area contributed by atoms with Crippen LogP contribution in [0.4, 0.5) is 10.3 Å². The molecule has 1 aliphatic rings. The molecule has 0 N–H and O–H groups in total. The summed E-state index contributed by atoms with van der Waals surface area (Å²) in [6, 6.07) is 6.26. The molecule has 8 heteroatoms. The third-order valence-corrected chi connectivity index (χ3v) is 5.65. The first-order chi connectivity index (χ1) is 14.8. The van der Waals surface area contributed by atoms with Crippen LogP contribution in [-0.4, -0.2) is 86.2 Å². The van der Waals surface area contributed by atoms with Crippen LogP contribution in [-0.2, 0) is 11.3 Å². The van der Waals surface area contributed by atoms with E-state index in [9.17, 15) is 9.18 Å². The zero-order chi connectivity index (χ0) is 22.5. The highest BCUT2D eigenvalue weighted by Gasteiger charge is 2.28. The maximum absolute atomic E-state index is 13.5. The fourth-order valence-corrected chi connectivity index (χ4v) is 3.68. The second-order valence-corrected chi connectivity index (χ2v) is 8.83. The molecule has 1 amide bonds. The van der Waals surface area contributed by atoms with E-state index in [1.54, 1.807) is 12.1 Å². The van der Waals surface area contributed by atoms with Gasteiger partial charge in [0.15, 0.2) is 0 Å². The Labute approximate surface area is 184 Å². The lowest BCUT2D eigenvalue weighted by Gasteiger charge is -2.33. The summed E-state index contributed by atoms with van der Waals surface area (Å²) in [6.45, 7) is 9.14. The Morgan fingerprint density at radius 2 is 1.77 bits per heavy atom. The standard InChI is InChI=1S/C23H34FN5O2/c1-17(2)22(30)29(13-10-26(3)4)16-20-21(18-6-8-19(24)9-7-18)25-31-23(20)28-14-11-27(5)12-15-28/h6-9,17H,10-16H2,1-5H3. The molecule has 2 heterocycles. The second kappa shape index (κ2) is 10.2. The van der Waals surface area contributed by atoms with Crippen molar-refractivity contribution in [3.8, 4) is 11.3 Å². The Morgan fingerprint density at radius 3 is 2.35 bits per heavy atom. The van der Waals surface area contributed by atoms with E-state index >= 15 is 0 Å². The van der Waals surface area contributed by atoms with Gasteiger partial charge < -0.3 is 24.1 Å². The van der Waals surface area contributed by atoms with E-state index in [-0.39, 0.29) is 17.6 Å². The SMILES string of the molecule is CC(C)C(=O)N(CCN(C)C)Cc1c(-c2ccc(F)cc2)noc1N1CCN(C)CC1. The number of rotatable bonds is 8. The molecule has 0 aliphatic carbocycles. The van der Waals surface area contributed by atoms with E-state index < -0.39 is 0 Å². The number of aromatic nitrogens is 1. The van der Waals surface area contributed by atoms with Gasteiger partial charge in [-0.2, -0.15) is 0 Å². The zero-order valence-electron chi connectivity index (χ0n) is 19.3. The lowest BCUT2D eigenvalue weighted by atomic mass is 10.1. The van der Waals surface area contributed by atoms with Crippen molar-refractivity contribution in [2.24, 2.45) is 5.92 Å². The van der Waals surface area contributed by atoms with Crippen molar-refractivity contribution in [3.05, 3.63) is 35.6 Å². The molecule has 1 fully saturated rings. The van der Waals surface area contributed by atoms with E-state index in [0.717, 1.165) is 43.9 Å². The average Bonchev–Trinajstić information content (AvgIpc) is 3.15. The van der Waals surface area contributed by atoms with Gasteiger partial charge in [-0.15, -0.1) is 0 Å². The lowest BCUT2D eigenvalue weighted by molar-refractivity contribution is -0.135. The molecule has 2 aromatic rings. The summed E-state index contributed by atoms with van der Waals surface area (Å²) in [5.74, 6) is 0.398. The van der Waals surface area contributed by atoms with Crippen LogP contribution in [0.1, 0.15) is 19.4 Å². The van der Waals surface area contributed by atoms with Crippen LogP contribution in [0.25, 0.3) is 11.3 Å². The number of carbonyl (C=O) groups excluding carboxylic acids is 1. The molecule has 0 saturated carbocycles. The minimum atomic E-state index is -0.296. The van der Waals surface area contributed by atoms with Crippen LogP contribution in [0.15, 0.2) is 28.8 Å². The Morgan fingerprint density at radius 1 is 1.13 bits per heavy atom. The first-order valence-electron chi connectivity index (χ1n) is 10.9. The summed E-state index contributed by atoms with van der Waals surface area (Å²) >= 11 is 0. The van der Waals surface area contributed by atoms with Crippen molar-refractivity contribution in [1.29, 1.82) is 0 Å². The van der Waals surface area contributed by atoms with Gasteiger partial charge in [-0.05, 0) is 45.4 Å². The van der Waals surface area contributed by atoms with E-state index in [1.807, 2.05) is 32.8 Å². The molecule has 0 spiro atoms. The molecule has 1 aromatic carbocycles. The summed E-state index contributed by atoms with van der Waals surface area (Å²) in [6.07, 6.45) is 0. The Hall–Kier alpha value is -2.45. The van der Waals surface area contributed by atoms with E-state index in [1.165, 1.54) is 12.1 Å². The number of hydrogen-bond donors (Lipinski definition) is 0. The van der Waals surface area contributed by atoms with E-state index in [4.69, 9.17) is 4.52 Å². The quantitative estimate of drug-likeness (QED) is 0.641. The van der Waals surface area contributed by atoms with Gasteiger partial charge in [0, 0.05) is 50.7 Å². The number of nitrogens with zero attached hydrogens (tertiary/aromatic N) is 5. The normalized spacial score (nSPS) is 15.2. The predicted molar refractivity (Wildman–Crippen MR) is 120 cm³/mol. The Kier molecular flexibility index (Phi) is 7.67. The monoisotopic (exact) mass is 431 g/mol.